The van der Waals surface area contributed by atoms with Crippen LogP contribution in [0.5, 0.6) is 0 Å². The van der Waals surface area contributed by atoms with Gasteiger partial charge in [0.05, 0.1) is 6.07 Å². The van der Waals surface area contributed by atoms with E-state index in [2.05, 4.69) is 4.72 Å². The van der Waals surface area contributed by atoms with Gasteiger partial charge in [-0.2, -0.15) is 17.0 Å². The van der Waals surface area contributed by atoms with Crippen molar-refractivity contribution >= 4 is 21.8 Å². The number of hydrogen-bond acceptors (Lipinski definition) is 4. The van der Waals surface area contributed by atoms with Crippen LogP contribution in [0.25, 0.3) is 0 Å². The first-order chi connectivity index (χ1) is 6.96. The van der Waals surface area contributed by atoms with Crippen LogP contribution in [0.15, 0.2) is 0 Å². The van der Waals surface area contributed by atoms with Crippen molar-refractivity contribution in [1.29, 1.82) is 5.26 Å². The molecule has 1 aliphatic rings. The minimum absolute atomic E-state index is 0.0717. The van der Waals surface area contributed by atoms with Gasteiger partial charge in [-0.25, -0.2) is 13.1 Å². The SMILES string of the molecule is CSC1(CNS(=O)(=O)C(C)C#N)CCC1. The topological polar surface area (TPSA) is 70.0 Å². The summed E-state index contributed by atoms with van der Waals surface area (Å²) in [7, 11) is -3.45. The summed E-state index contributed by atoms with van der Waals surface area (Å²) >= 11 is 1.71. The van der Waals surface area contributed by atoms with Gasteiger partial charge in [0.1, 0.15) is 0 Å². The maximum Gasteiger partial charge on any atom is 0.227 e. The first-order valence-electron chi connectivity index (χ1n) is 4.89. The second-order valence-electron chi connectivity index (χ2n) is 3.88. The van der Waals surface area contributed by atoms with Gasteiger partial charge in [-0.05, 0) is 26.0 Å². The van der Waals surface area contributed by atoms with Crippen molar-refractivity contribution in [2.45, 2.75) is 36.2 Å². The average Bonchev–Trinajstić information content (AvgIpc) is 2.15. The van der Waals surface area contributed by atoms with Gasteiger partial charge in [-0.3, -0.25) is 0 Å². The van der Waals surface area contributed by atoms with Gasteiger partial charge in [0, 0.05) is 11.3 Å². The number of thioether (sulfide) groups is 1. The predicted molar refractivity (Wildman–Crippen MR) is 62.1 cm³/mol. The van der Waals surface area contributed by atoms with Gasteiger partial charge in [0.25, 0.3) is 0 Å². The second-order valence-corrected chi connectivity index (χ2v) is 7.24. The molecule has 0 aromatic heterocycles. The van der Waals surface area contributed by atoms with Crippen LogP contribution in [0.1, 0.15) is 26.2 Å². The normalized spacial score (nSPS) is 21.4. The van der Waals surface area contributed by atoms with E-state index in [1.54, 1.807) is 17.8 Å². The number of rotatable bonds is 5. The summed E-state index contributed by atoms with van der Waals surface area (Å²) in [4.78, 5) is 0. The van der Waals surface area contributed by atoms with E-state index < -0.39 is 15.3 Å². The fraction of sp³-hybridized carbons (Fsp3) is 0.889. The van der Waals surface area contributed by atoms with E-state index in [0.717, 1.165) is 19.3 Å². The van der Waals surface area contributed by atoms with E-state index in [1.807, 2.05) is 6.26 Å². The maximum atomic E-state index is 11.5. The van der Waals surface area contributed by atoms with Crippen LogP contribution in [0.3, 0.4) is 0 Å². The highest BCUT2D eigenvalue weighted by molar-refractivity contribution is 8.00. The van der Waals surface area contributed by atoms with E-state index >= 15 is 0 Å². The van der Waals surface area contributed by atoms with E-state index in [0.29, 0.717) is 6.54 Å². The van der Waals surface area contributed by atoms with Crippen LogP contribution in [0.4, 0.5) is 0 Å². The van der Waals surface area contributed by atoms with Gasteiger partial charge in [0.2, 0.25) is 10.0 Å². The lowest BCUT2D eigenvalue weighted by Gasteiger charge is -2.40. The van der Waals surface area contributed by atoms with Crippen molar-refractivity contribution < 1.29 is 8.42 Å². The smallest absolute Gasteiger partial charge is 0.213 e. The van der Waals surface area contributed by atoms with Gasteiger partial charge in [-0.1, -0.05) is 6.42 Å². The molecule has 0 amide bonds. The third kappa shape index (κ3) is 2.86. The largest absolute Gasteiger partial charge is 0.227 e. The fourth-order valence-electron chi connectivity index (χ4n) is 1.45. The molecule has 0 aromatic rings. The minimum Gasteiger partial charge on any atom is -0.213 e. The van der Waals surface area contributed by atoms with Crippen molar-refractivity contribution in [3.63, 3.8) is 0 Å². The average molecular weight is 248 g/mol. The van der Waals surface area contributed by atoms with Crippen molar-refractivity contribution in [2.24, 2.45) is 0 Å². The van der Waals surface area contributed by atoms with Crippen molar-refractivity contribution in [3.8, 4) is 6.07 Å². The lowest BCUT2D eigenvalue weighted by Crippen LogP contribution is -2.46. The second kappa shape index (κ2) is 4.73. The highest BCUT2D eigenvalue weighted by Crippen LogP contribution is 2.42. The first-order valence-corrected chi connectivity index (χ1v) is 7.66. The molecule has 4 nitrogen and oxygen atoms in total. The summed E-state index contributed by atoms with van der Waals surface area (Å²) in [5.74, 6) is 0. The summed E-state index contributed by atoms with van der Waals surface area (Å²) < 4.78 is 25.6. The minimum atomic E-state index is -3.45. The molecule has 1 rings (SSSR count). The van der Waals surface area contributed by atoms with Gasteiger partial charge in [-0.15, -0.1) is 0 Å². The molecule has 1 saturated carbocycles. The highest BCUT2D eigenvalue weighted by Gasteiger charge is 2.37. The van der Waals surface area contributed by atoms with Crippen molar-refractivity contribution in [3.05, 3.63) is 0 Å². The summed E-state index contributed by atoms with van der Waals surface area (Å²) in [6.07, 6.45) is 5.27. The summed E-state index contributed by atoms with van der Waals surface area (Å²) in [6, 6.07) is 1.74. The van der Waals surface area contributed by atoms with E-state index in [-0.39, 0.29) is 4.75 Å². The summed E-state index contributed by atoms with van der Waals surface area (Å²) in [5.41, 5.74) is 0. The molecule has 0 radical (unpaired) electrons. The Morgan fingerprint density at radius 1 is 1.60 bits per heavy atom. The number of nitriles is 1. The Balaban J connectivity index is 2.53. The molecule has 0 heterocycles. The van der Waals surface area contributed by atoms with E-state index in [4.69, 9.17) is 5.26 Å². The summed E-state index contributed by atoms with van der Waals surface area (Å²) in [5, 5.41) is 7.58. The Kier molecular flexibility index (Phi) is 4.04. The van der Waals surface area contributed by atoms with Crippen LogP contribution in [0, 0.1) is 11.3 Å². The Bertz CT molecular complexity index is 349. The number of nitrogens with zero attached hydrogens (tertiary/aromatic N) is 1. The van der Waals surface area contributed by atoms with E-state index in [1.165, 1.54) is 6.92 Å². The zero-order chi connectivity index (χ0) is 11.5. The molecule has 6 heteroatoms. The van der Waals surface area contributed by atoms with Crippen LogP contribution in [0.2, 0.25) is 0 Å². The zero-order valence-corrected chi connectivity index (χ0v) is 10.6. The Morgan fingerprint density at radius 3 is 2.53 bits per heavy atom. The van der Waals surface area contributed by atoms with E-state index in [9.17, 15) is 8.42 Å². The molecular weight excluding hydrogens is 232 g/mol. The predicted octanol–water partition coefficient (Wildman–Crippen LogP) is 1.10. The molecule has 1 N–H and O–H groups in total. The van der Waals surface area contributed by atoms with Crippen molar-refractivity contribution in [2.75, 3.05) is 12.8 Å². The molecule has 1 aliphatic carbocycles. The van der Waals surface area contributed by atoms with Crippen LogP contribution < -0.4 is 4.72 Å². The van der Waals surface area contributed by atoms with Gasteiger partial charge >= 0.3 is 0 Å². The number of hydrogen-bond donors (Lipinski definition) is 1. The quantitative estimate of drug-likeness (QED) is 0.791. The van der Waals surface area contributed by atoms with Crippen molar-refractivity contribution in [1.82, 2.24) is 4.72 Å². The van der Waals surface area contributed by atoms with Crippen LogP contribution in [-0.4, -0.2) is 31.2 Å². The third-order valence-corrected chi connectivity index (χ3v) is 5.94. The third-order valence-electron chi connectivity index (χ3n) is 2.94. The lowest BCUT2D eigenvalue weighted by molar-refractivity contribution is 0.361. The van der Waals surface area contributed by atoms with Crippen LogP contribution in [-0.2, 0) is 10.0 Å². The lowest BCUT2D eigenvalue weighted by atomic mass is 9.84. The molecule has 1 atom stereocenters. The van der Waals surface area contributed by atoms with Crippen LogP contribution >= 0.6 is 11.8 Å². The zero-order valence-electron chi connectivity index (χ0n) is 8.99. The monoisotopic (exact) mass is 248 g/mol. The highest BCUT2D eigenvalue weighted by atomic mass is 32.2. The Hall–Kier alpha value is -0.250. The molecule has 1 fully saturated rings. The molecule has 1 unspecified atom stereocenters. The molecule has 0 spiro atoms. The molecule has 15 heavy (non-hydrogen) atoms. The fourth-order valence-corrected chi connectivity index (χ4v) is 3.32. The summed E-state index contributed by atoms with van der Waals surface area (Å²) in [6.45, 7) is 1.84. The molecule has 0 bridgehead atoms. The molecule has 0 aromatic carbocycles. The number of sulfonamides is 1. The Labute approximate surface area is 95.5 Å². The molecule has 0 saturated heterocycles. The molecular formula is C9H16N2O2S2. The maximum absolute atomic E-state index is 11.5. The Morgan fingerprint density at radius 2 is 2.20 bits per heavy atom. The first kappa shape index (κ1) is 12.8. The molecule has 86 valence electrons. The standard InChI is InChI=1S/C9H16N2O2S2/c1-8(6-10)15(12,13)11-7-9(14-2)4-3-5-9/h8,11H,3-5,7H2,1-2H3. The molecule has 0 aliphatic heterocycles. The van der Waals surface area contributed by atoms with Gasteiger partial charge in [0.15, 0.2) is 5.25 Å². The van der Waals surface area contributed by atoms with Gasteiger partial charge < -0.3 is 0 Å². The number of nitrogens with one attached hydrogen (secondary N) is 1.